The van der Waals surface area contributed by atoms with Gasteiger partial charge >= 0.3 is 0 Å². The van der Waals surface area contributed by atoms with Crippen molar-refractivity contribution in [2.45, 2.75) is 51.5 Å². The van der Waals surface area contributed by atoms with Gasteiger partial charge in [0.25, 0.3) is 0 Å². The molecule has 0 spiro atoms. The Kier molecular flexibility index (Phi) is 6.90. The van der Waals surface area contributed by atoms with Crippen LogP contribution < -0.4 is 10.6 Å². The molecular formula is C22H32N4O3. The van der Waals surface area contributed by atoms with E-state index in [1.165, 1.54) is 0 Å². The molecule has 7 nitrogen and oxygen atoms in total. The summed E-state index contributed by atoms with van der Waals surface area (Å²) in [6.45, 7) is 2.70. The Balaban J connectivity index is 1.68. The molecular weight excluding hydrogens is 368 g/mol. The van der Waals surface area contributed by atoms with Crippen molar-refractivity contribution in [1.29, 1.82) is 0 Å². The molecule has 1 saturated carbocycles. The van der Waals surface area contributed by atoms with Crippen molar-refractivity contribution < 1.29 is 14.4 Å². The molecule has 2 aliphatic rings. The first-order valence-electron chi connectivity index (χ1n) is 10.5. The molecule has 0 aromatic heterocycles. The second kappa shape index (κ2) is 9.39. The summed E-state index contributed by atoms with van der Waals surface area (Å²) in [5.74, 6) is -0.272. The minimum atomic E-state index is -0.223. The predicted octanol–water partition coefficient (Wildman–Crippen LogP) is 2.61. The zero-order chi connectivity index (χ0) is 21.0. The van der Waals surface area contributed by atoms with Gasteiger partial charge in [0.05, 0.1) is 23.8 Å². The number of likely N-dealkylation sites (tertiary alicyclic amines) is 1. The lowest BCUT2D eigenvalue weighted by Gasteiger charge is -2.36. The second-order valence-electron chi connectivity index (χ2n) is 8.54. The monoisotopic (exact) mass is 400 g/mol. The zero-order valence-corrected chi connectivity index (χ0v) is 17.7. The van der Waals surface area contributed by atoms with Crippen molar-refractivity contribution in [2.75, 3.05) is 37.8 Å². The van der Waals surface area contributed by atoms with E-state index in [1.54, 1.807) is 4.90 Å². The number of aryl methyl sites for hydroxylation is 1. The summed E-state index contributed by atoms with van der Waals surface area (Å²) in [5, 5.41) is 5.88. The average molecular weight is 401 g/mol. The summed E-state index contributed by atoms with van der Waals surface area (Å²) in [7, 11) is 3.66. The molecule has 0 bridgehead atoms. The van der Waals surface area contributed by atoms with Gasteiger partial charge in [-0.1, -0.05) is 18.9 Å². The number of nitrogens with one attached hydrogen (secondary N) is 2. The second-order valence-corrected chi connectivity index (χ2v) is 8.54. The lowest BCUT2D eigenvalue weighted by atomic mass is 9.94. The number of rotatable bonds is 6. The van der Waals surface area contributed by atoms with Crippen LogP contribution in [0.2, 0.25) is 0 Å². The fourth-order valence-corrected chi connectivity index (χ4v) is 4.24. The molecule has 1 atom stereocenters. The van der Waals surface area contributed by atoms with Crippen molar-refractivity contribution in [3.63, 3.8) is 0 Å². The van der Waals surface area contributed by atoms with Gasteiger partial charge in [0.2, 0.25) is 17.7 Å². The van der Waals surface area contributed by atoms with Gasteiger partial charge in [-0.05, 0) is 58.0 Å². The van der Waals surface area contributed by atoms with E-state index in [4.69, 9.17) is 0 Å². The third-order valence-corrected chi connectivity index (χ3v) is 5.75. The number of hydrogen-bond acceptors (Lipinski definition) is 4. The Morgan fingerprint density at radius 2 is 1.83 bits per heavy atom. The van der Waals surface area contributed by atoms with E-state index in [9.17, 15) is 14.4 Å². The Morgan fingerprint density at radius 3 is 2.52 bits per heavy atom. The summed E-state index contributed by atoms with van der Waals surface area (Å²) in [5.41, 5.74) is 2.19. The molecule has 7 heteroatoms. The highest BCUT2D eigenvalue weighted by atomic mass is 16.2. The van der Waals surface area contributed by atoms with Crippen LogP contribution >= 0.6 is 0 Å². The lowest BCUT2D eigenvalue weighted by molar-refractivity contribution is -0.139. The fraction of sp³-hybridized carbons (Fsp3) is 0.591. The largest absolute Gasteiger partial charge is 0.339 e. The van der Waals surface area contributed by atoms with Crippen LogP contribution in [0, 0.1) is 12.8 Å². The Bertz CT molecular complexity index is 771. The SMILES string of the molecule is Cc1ccc(NC(=O)CN(C)C)c(NC(=O)C2CCC(=O)N(C3CCCC3)C2)c1. The molecule has 3 rings (SSSR count). The maximum absolute atomic E-state index is 13.0. The molecule has 29 heavy (non-hydrogen) atoms. The highest BCUT2D eigenvalue weighted by molar-refractivity contribution is 6.01. The molecule has 1 aliphatic heterocycles. The molecule has 1 heterocycles. The molecule has 2 fully saturated rings. The Hall–Kier alpha value is -2.41. The van der Waals surface area contributed by atoms with Gasteiger partial charge in [-0.15, -0.1) is 0 Å². The molecule has 1 aliphatic carbocycles. The maximum atomic E-state index is 13.0. The van der Waals surface area contributed by atoms with Crippen LogP contribution in [0.5, 0.6) is 0 Å². The summed E-state index contributed by atoms with van der Waals surface area (Å²) in [4.78, 5) is 41.2. The van der Waals surface area contributed by atoms with E-state index >= 15 is 0 Å². The van der Waals surface area contributed by atoms with Crippen LogP contribution in [0.25, 0.3) is 0 Å². The summed E-state index contributed by atoms with van der Waals surface area (Å²) < 4.78 is 0. The van der Waals surface area contributed by atoms with Crippen LogP contribution in [-0.2, 0) is 14.4 Å². The molecule has 1 aromatic carbocycles. The third-order valence-electron chi connectivity index (χ3n) is 5.75. The first-order valence-corrected chi connectivity index (χ1v) is 10.5. The number of anilines is 2. The van der Waals surface area contributed by atoms with Gasteiger partial charge in [0.15, 0.2) is 0 Å². The molecule has 1 saturated heterocycles. The van der Waals surface area contributed by atoms with Gasteiger partial charge in [-0.2, -0.15) is 0 Å². The number of carbonyl (C=O) groups is 3. The molecule has 0 radical (unpaired) electrons. The number of benzene rings is 1. The Morgan fingerprint density at radius 1 is 1.10 bits per heavy atom. The van der Waals surface area contributed by atoms with Crippen molar-refractivity contribution >= 4 is 29.1 Å². The van der Waals surface area contributed by atoms with Gasteiger partial charge < -0.3 is 20.4 Å². The molecule has 1 aromatic rings. The predicted molar refractivity (Wildman–Crippen MR) is 114 cm³/mol. The maximum Gasteiger partial charge on any atom is 0.238 e. The first-order chi connectivity index (χ1) is 13.8. The summed E-state index contributed by atoms with van der Waals surface area (Å²) in [6, 6.07) is 5.87. The summed E-state index contributed by atoms with van der Waals surface area (Å²) >= 11 is 0. The van der Waals surface area contributed by atoms with Crippen LogP contribution in [-0.4, -0.2) is 60.7 Å². The van der Waals surface area contributed by atoms with Gasteiger partial charge in [-0.25, -0.2) is 0 Å². The highest BCUT2D eigenvalue weighted by Crippen LogP contribution is 2.30. The van der Waals surface area contributed by atoms with Crippen molar-refractivity contribution in [3.8, 4) is 0 Å². The number of nitrogens with zero attached hydrogens (tertiary/aromatic N) is 2. The van der Waals surface area contributed by atoms with E-state index in [0.29, 0.717) is 30.8 Å². The van der Waals surface area contributed by atoms with Crippen LogP contribution in [0.1, 0.15) is 44.1 Å². The van der Waals surface area contributed by atoms with E-state index in [0.717, 1.165) is 31.2 Å². The first kappa shape index (κ1) is 21.3. The lowest BCUT2D eigenvalue weighted by Crippen LogP contribution is -2.48. The van der Waals surface area contributed by atoms with E-state index in [1.807, 2.05) is 44.1 Å². The van der Waals surface area contributed by atoms with Gasteiger partial charge in [0, 0.05) is 19.0 Å². The normalized spacial score (nSPS) is 20.2. The number of amides is 3. The van der Waals surface area contributed by atoms with E-state index in [2.05, 4.69) is 10.6 Å². The van der Waals surface area contributed by atoms with Crippen LogP contribution in [0.4, 0.5) is 11.4 Å². The molecule has 158 valence electrons. The Labute approximate surface area is 172 Å². The number of hydrogen-bond donors (Lipinski definition) is 2. The van der Waals surface area contributed by atoms with Gasteiger partial charge in [-0.3, -0.25) is 14.4 Å². The minimum Gasteiger partial charge on any atom is -0.339 e. The number of likely N-dealkylation sites (N-methyl/N-ethyl adjacent to an activating group) is 1. The van der Waals surface area contributed by atoms with Crippen LogP contribution in [0.15, 0.2) is 18.2 Å². The fourth-order valence-electron chi connectivity index (χ4n) is 4.24. The highest BCUT2D eigenvalue weighted by Gasteiger charge is 2.35. The van der Waals surface area contributed by atoms with Gasteiger partial charge in [0.1, 0.15) is 0 Å². The molecule has 2 N–H and O–H groups in total. The number of carbonyl (C=O) groups excluding carboxylic acids is 3. The van der Waals surface area contributed by atoms with Crippen molar-refractivity contribution in [3.05, 3.63) is 23.8 Å². The quantitative estimate of drug-likeness (QED) is 0.769. The topological polar surface area (TPSA) is 81.8 Å². The zero-order valence-electron chi connectivity index (χ0n) is 17.7. The standard InChI is InChI=1S/C22H32N4O3/c1-15-8-10-18(23-20(27)14-25(2)3)19(12-15)24-22(29)16-9-11-21(28)26(13-16)17-6-4-5-7-17/h8,10,12,16-17H,4-7,9,11,13-14H2,1-3H3,(H,23,27)(H,24,29). The average Bonchev–Trinajstić information content (AvgIpc) is 3.18. The minimum absolute atomic E-state index is 0.0887. The van der Waals surface area contributed by atoms with Crippen molar-refractivity contribution in [2.24, 2.45) is 5.92 Å². The summed E-state index contributed by atoms with van der Waals surface area (Å²) in [6.07, 6.45) is 5.39. The van der Waals surface area contributed by atoms with E-state index < -0.39 is 0 Å². The molecule has 3 amide bonds. The van der Waals surface area contributed by atoms with Crippen molar-refractivity contribution in [1.82, 2.24) is 9.80 Å². The van der Waals surface area contributed by atoms with Crippen LogP contribution in [0.3, 0.4) is 0 Å². The smallest absolute Gasteiger partial charge is 0.238 e. The molecule has 1 unspecified atom stereocenters. The van der Waals surface area contributed by atoms with E-state index in [-0.39, 0.29) is 36.2 Å². The number of piperidine rings is 1. The third kappa shape index (κ3) is 5.56.